The normalized spacial score (nSPS) is 17.3. The number of aryl methyl sites for hydroxylation is 3. The van der Waals surface area contributed by atoms with Crippen LogP contribution < -0.4 is 5.32 Å². The van der Waals surface area contributed by atoms with E-state index in [1.165, 1.54) is 17.3 Å². The van der Waals surface area contributed by atoms with Crippen LogP contribution in [0.25, 0.3) is 0 Å². The first kappa shape index (κ1) is 23.1. The third kappa shape index (κ3) is 5.20. The number of amidine groups is 1. The molecule has 2 aromatic carbocycles. The summed E-state index contributed by atoms with van der Waals surface area (Å²) in [6, 6.07) is 9.49. The molecule has 1 aliphatic rings. The number of thioether (sulfide) groups is 1. The summed E-state index contributed by atoms with van der Waals surface area (Å²) in [5.41, 5.74) is 5.57. The van der Waals surface area contributed by atoms with Gasteiger partial charge >= 0.3 is 0 Å². The summed E-state index contributed by atoms with van der Waals surface area (Å²) in [6.07, 6.45) is 1.72. The third-order valence-corrected chi connectivity index (χ3v) is 6.67. The van der Waals surface area contributed by atoms with E-state index in [9.17, 15) is 9.59 Å². The number of amides is 2. The van der Waals surface area contributed by atoms with Crippen LogP contribution >= 0.6 is 23.4 Å². The van der Waals surface area contributed by atoms with Crippen LogP contribution in [-0.4, -0.2) is 33.7 Å². The number of aliphatic imine (C=N–C) groups is 1. The first-order chi connectivity index (χ1) is 14.7. The summed E-state index contributed by atoms with van der Waals surface area (Å²) < 4.78 is 0. The summed E-state index contributed by atoms with van der Waals surface area (Å²) in [5, 5.41) is 3.51. The molecule has 0 bridgehead atoms. The lowest BCUT2D eigenvalue weighted by Gasteiger charge is -2.15. The minimum atomic E-state index is -0.538. The predicted octanol–water partition coefficient (Wildman–Crippen LogP) is 5.72. The van der Waals surface area contributed by atoms with Crippen LogP contribution in [0.4, 0.5) is 11.4 Å². The molecule has 1 fully saturated rings. The summed E-state index contributed by atoms with van der Waals surface area (Å²) in [5.74, 6) is -0.372. The molecule has 0 spiro atoms. The number of benzene rings is 2. The molecule has 1 saturated heterocycles. The molecule has 5 nitrogen and oxygen atoms in total. The summed E-state index contributed by atoms with van der Waals surface area (Å²) >= 11 is 7.46. The molecule has 3 rings (SSSR count). The lowest BCUT2D eigenvalue weighted by atomic mass is 10.1. The molecule has 0 aromatic heterocycles. The maximum atomic E-state index is 13.0. The van der Waals surface area contributed by atoms with E-state index in [1.54, 1.807) is 29.2 Å². The van der Waals surface area contributed by atoms with Crippen molar-refractivity contribution in [2.75, 3.05) is 11.9 Å². The maximum absolute atomic E-state index is 13.0. The monoisotopic (exact) mass is 455 g/mol. The first-order valence-electron chi connectivity index (χ1n) is 10.0. The second kappa shape index (κ2) is 9.71. The van der Waals surface area contributed by atoms with Crippen LogP contribution in [0.2, 0.25) is 5.02 Å². The maximum Gasteiger partial charge on any atom is 0.242 e. The SMILES string of the molecule is C=CCN1C(=O)C(CC(=O)Nc2cccc(Cl)c2C)SC1=Nc1c(C)cc(C)cc1C. The standard InChI is InChI=1S/C24H26ClN3O2S/c1-6-10-28-23(30)20(13-21(29)26-19-9-7-8-18(25)17(19)5)31-24(28)27-22-15(3)11-14(2)12-16(22)4/h6-9,11-12,20H,1,10,13H2,2-5H3,(H,26,29). The zero-order chi connectivity index (χ0) is 22.7. The van der Waals surface area contributed by atoms with E-state index in [2.05, 4.69) is 24.0 Å². The van der Waals surface area contributed by atoms with Crippen molar-refractivity contribution < 1.29 is 9.59 Å². The average molecular weight is 456 g/mol. The molecule has 1 aliphatic heterocycles. The fourth-order valence-corrected chi connectivity index (χ4v) is 4.91. The highest BCUT2D eigenvalue weighted by molar-refractivity contribution is 8.15. The van der Waals surface area contributed by atoms with Gasteiger partial charge in [-0.25, -0.2) is 4.99 Å². The lowest BCUT2D eigenvalue weighted by molar-refractivity contribution is -0.127. The third-order valence-electron chi connectivity index (χ3n) is 5.09. The van der Waals surface area contributed by atoms with E-state index in [1.807, 2.05) is 27.7 Å². The van der Waals surface area contributed by atoms with Crippen molar-refractivity contribution in [3.8, 4) is 0 Å². The van der Waals surface area contributed by atoms with Crippen molar-refractivity contribution in [2.45, 2.75) is 39.4 Å². The number of nitrogens with one attached hydrogen (secondary N) is 1. The van der Waals surface area contributed by atoms with Gasteiger partial charge in [0.1, 0.15) is 5.25 Å². The van der Waals surface area contributed by atoms with Crippen LogP contribution in [0, 0.1) is 27.7 Å². The number of carbonyl (C=O) groups excluding carboxylic acids is 2. The Hall–Kier alpha value is -2.57. The number of nitrogens with zero attached hydrogens (tertiary/aromatic N) is 2. The quantitative estimate of drug-likeness (QED) is 0.566. The number of hydrogen-bond donors (Lipinski definition) is 1. The molecule has 2 aromatic rings. The molecule has 162 valence electrons. The van der Waals surface area contributed by atoms with E-state index < -0.39 is 5.25 Å². The lowest BCUT2D eigenvalue weighted by Crippen LogP contribution is -2.33. The average Bonchev–Trinajstić information content (AvgIpc) is 2.97. The van der Waals surface area contributed by atoms with Crippen LogP contribution in [0.3, 0.4) is 0 Å². The molecule has 1 heterocycles. The molecule has 31 heavy (non-hydrogen) atoms. The second-order valence-corrected chi connectivity index (χ2v) is 9.23. The van der Waals surface area contributed by atoms with Crippen molar-refractivity contribution in [1.82, 2.24) is 4.90 Å². The highest BCUT2D eigenvalue weighted by atomic mass is 35.5. The van der Waals surface area contributed by atoms with E-state index in [-0.39, 0.29) is 18.2 Å². The Bertz CT molecular complexity index is 1060. The van der Waals surface area contributed by atoms with Gasteiger partial charge in [0.2, 0.25) is 11.8 Å². The van der Waals surface area contributed by atoms with Crippen molar-refractivity contribution in [3.05, 3.63) is 70.3 Å². The highest BCUT2D eigenvalue weighted by Gasteiger charge is 2.38. The van der Waals surface area contributed by atoms with Crippen molar-refractivity contribution in [3.63, 3.8) is 0 Å². The van der Waals surface area contributed by atoms with Crippen LogP contribution in [-0.2, 0) is 9.59 Å². The Morgan fingerprint density at radius 3 is 2.58 bits per heavy atom. The zero-order valence-corrected chi connectivity index (χ0v) is 19.7. The molecule has 1 atom stereocenters. The summed E-state index contributed by atoms with van der Waals surface area (Å²) in [4.78, 5) is 32.1. The Morgan fingerprint density at radius 1 is 1.26 bits per heavy atom. The van der Waals surface area contributed by atoms with Gasteiger partial charge in [0.05, 0.1) is 5.69 Å². The minimum absolute atomic E-state index is 0.0496. The molecule has 0 radical (unpaired) electrons. The molecule has 0 aliphatic carbocycles. The Balaban J connectivity index is 1.82. The predicted molar refractivity (Wildman–Crippen MR) is 130 cm³/mol. The molecule has 1 unspecified atom stereocenters. The smallest absolute Gasteiger partial charge is 0.242 e. The van der Waals surface area contributed by atoms with Crippen molar-refractivity contribution >= 4 is 51.7 Å². The summed E-state index contributed by atoms with van der Waals surface area (Å²) in [6.45, 7) is 12.0. The number of halogens is 1. The van der Waals surface area contributed by atoms with E-state index in [0.717, 1.165) is 22.4 Å². The molecule has 1 N–H and O–H groups in total. The van der Waals surface area contributed by atoms with Crippen molar-refractivity contribution in [2.24, 2.45) is 4.99 Å². The Kier molecular flexibility index (Phi) is 7.23. The molecule has 0 saturated carbocycles. The van der Waals surface area contributed by atoms with Gasteiger partial charge in [0, 0.05) is 23.7 Å². The molecule has 7 heteroatoms. The number of hydrogen-bond acceptors (Lipinski definition) is 4. The molecule has 2 amide bonds. The number of anilines is 1. The van der Waals surface area contributed by atoms with Crippen LogP contribution in [0.5, 0.6) is 0 Å². The highest BCUT2D eigenvalue weighted by Crippen LogP contribution is 2.34. The van der Waals surface area contributed by atoms with Gasteiger partial charge in [-0.15, -0.1) is 6.58 Å². The van der Waals surface area contributed by atoms with Gasteiger partial charge in [-0.2, -0.15) is 0 Å². The van der Waals surface area contributed by atoms with Crippen molar-refractivity contribution in [1.29, 1.82) is 0 Å². The molecular weight excluding hydrogens is 430 g/mol. The second-order valence-electron chi connectivity index (χ2n) is 7.65. The van der Waals surface area contributed by atoms with Gasteiger partial charge in [0.15, 0.2) is 5.17 Å². The Labute approximate surface area is 192 Å². The van der Waals surface area contributed by atoms with Gasteiger partial charge in [0.25, 0.3) is 0 Å². The fourth-order valence-electron chi connectivity index (χ4n) is 3.58. The van der Waals surface area contributed by atoms with Gasteiger partial charge in [-0.3, -0.25) is 14.5 Å². The van der Waals surface area contributed by atoms with E-state index in [0.29, 0.717) is 22.4 Å². The van der Waals surface area contributed by atoms with Gasteiger partial charge in [-0.1, -0.05) is 53.2 Å². The van der Waals surface area contributed by atoms with Crippen LogP contribution in [0.1, 0.15) is 28.7 Å². The van der Waals surface area contributed by atoms with E-state index in [4.69, 9.17) is 16.6 Å². The van der Waals surface area contributed by atoms with E-state index >= 15 is 0 Å². The topological polar surface area (TPSA) is 61.8 Å². The largest absolute Gasteiger partial charge is 0.326 e. The fraction of sp³-hybridized carbons (Fsp3) is 0.292. The van der Waals surface area contributed by atoms with Gasteiger partial charge in [-0.05, 0) is 56.5 Å². The number of carbonyl (C=O) groups is 2. The van der Waals surface area contributed by atoms with Gasteiger partial charge < -0.3 is 5.32 Å². The Morgan fingerprint density at radius 2 is 1.94 bits per heavy atom. The number of rotatable bonds is 6. The molecular formula is C24H26ClN3O2S. The zero-order valence-electron chi connectivity index (χ0n) is 18.2. The minimum Gasteiger partial charge on any atom is -0.326 e. The van der Waals surface area contributed by atoms with Crippen LogP contribution in [0.15, 0.2) is 48.0 Å². The summed E-state index contributed by atoms with van der Waals surface area (Å²) in [7, 11) is 0. The first-order valence-corrected chi connectivity index (χ1v) is 11.3.